The normalized spacial score (nSPS) is 18.9. The number of carbonyl (C=O) groups is 3. The highest BCUT2D eigenvalue weighted by molar-refractivity contribution is 7.98. The van der Waals surface area contributed by atoms with Gasteiger partial charge in [0.15, 0.2) is 0 Å². The van der Waals surface area contributed by atoms with Crippen LogP contribution in [-0.2, 0) is 15.1 Å². The zero-order valence-corrected chi connectivity index (χ0v) is 15.9. The lowest BCUT2D eigenvalue weighted by Crippen LogP contribution is -2.42. The summed E-state index contributed by atoms with van der Waals surface area (Å²) in [6.45, 7) is 0.714. The summed E-state index contributed by atoms with van der Waals surface area (Å²) in [5.41, 5.74) is -1.56. The first kappa shape index (κ1) is 19.8. The highest BCUT2D eigenvalue weighted by atomic mass is 32.2. The van der Waals surface area contributed by atoms with E-state index in [0.29, 0.717) is 10.6 Å². The van der Waals surface area contributed by atoms with Gasteiger partial charge in [0.05, 0.1) is 5.69 Å². The first-order chi connectivity index (χ1) is 13.3. The molecule has 1 aliphatic rings. The van der Waals surface area contributed by atoms with E-state index in [1.165, 1.54) is 18.7 Å². The van der Waals surface area contributed by atoms with Crippen molar-refractivity contribution in [3.05, 3.63) is 59.7 Å². The van der Waals surface area contributed by atoms with Gasteiger partial charge in [-0.1, -0.05) is 12.1 Å². The summed E-state index contributed by atoms with van der Waals surface area (Å²) in [7, 11) is 0. The Bertz CT molecular complexity index is 969. The van der Waals surface area contributed by atoms with E-state index >= 15 is 0 Å². The third-order valence-corrected chi connectivity index (χ3v) is 5.22. The van der Waals surface area contributed by atoms with Crippen molar-refractivity contribution in [2.24, 2.45) is 0 Å². The SMILES string of the molecule is CSc1ccccc1NC(=O)CN1C(=O)N[C@@](C)(c2cc(F)ccc2F)C1=O. The molecule has 0 spiro atoms. The fraction of sp³-hybridized carbons (Fsp3) is 0.211. The van der Waals surface area contributed by atoms with Crippen LogP contribution in [0.15, 0.2) is 47.4 Å². The van der Waals surface area contributed by atoms with Crippen molar-refractivity contribution in [3.63, 3.8) is 0 Å². The van der Waals surface area contributed by atoms with Crippen molar-refractivity contribution in [2.75, 3.05) is 18.1 Å². The Balaban J connectivity index is 1.80. The third-order valence-electron chi connectivity index (χ3n) is 4.42. The van der Waals surface area contributed by atoms with Gasteiger partial charge in [0.1, 0.15) is 23.7 Å². The number of nitrogens with one attached hydrogen (secondary N) is 2. The van der Waals surface area contributed by atoms with Gasteiger partial charge in [-0.05, 0) is 43.5 Å². The number of anilines is 1. The summed E-state index contributed by atoms with van der Waals surface area (Å²) in [5, 5.41) is 5.00. The standard InChI is InChI=1S/C19H17F2N3O3S/c1-19(12-9-11(20)7-8-13(12)21)17(26)24(18(27)23-19)10-16(25)22-14-5-3-4-6-15(14)28-2/h3-9H,10H2,1-2H3,(H,22,25)(H,23,27)/t19-/m0/s1. The summed E-state index contributed by atoms with van der Waals surface area (Å²) in [4.78, 5) is 38.9. The molecule has 0 bridgehead atoms. The highest BCUT2D eigenvalue weighted by Crippen LogP contribution is 2.31. The van der Waals surface area contributed by atoms with Crippen LogP contribution in [0, 0.1) is 11.6 Å². The number of nitrogens with zero attached hydrogens (tertiary/aromatic N) is 1. The van der Waals surface area contributed by atoms with Gasteiger partial charge in [-0.15, -0.1) is 11.8 Å². The predicted molar refractivity (Wildman–Crippen MR) is 101 cm³/mol. The van der Waals surface area contributed by atoms with E-state index in [1.807, 2.05) is 18.4 Å². The van der Waals surface area contributed by atoms with E-state index in [-0.39, 0.29) is 5.56 Å². The minimum Gasteiger partial charge on any atom is -0.324 e. The van der Waals surface area contributed by atoms with Gasteiger partial charge in [0.2, 0.25) is 5.91 Å². The molecule has 1 aliphatic heterocycles. The monoisotopic (exact) mass is 405 g/mol. The van der Waals surface area contributed by atoms with Crippen molar-refractivity contribution in [3.8, 4) is 0 Å². The smallest absolute Gasteiger partial charge is 0.324 e. The number of carbonyl (C=O) groups excluding carboxylic acids is 3. The molecule has 1 heterocycles. The zero-order valence-electron chi connectivity index (χ0n) is 15.1. The first-order valence-corrected chi connectivity index (χ1v) is 9.51. The molecule has 2 N–H and O–H groups in total. The summed E-state index contributed by atoms with van der Waals surface area (Å²) in [6, 6.07) is 8.86. The molecular formula is C19H17F2N3O3S. The number of benzene rings is 2. The minimum atomic E-state index is -1.80. The summed E-state index contributed by atoms with van der Waals surface area (Å²) >= 11 is 1.43. The maximum absolute atomic E-state index is 14.2. The number of hydrogen-bond acceptors (Lipinski definition) is 4. The molecule has 2 aromatic rings. The number of thioether (sulfide) groups is 1. The van der Waals surface area contributed by atoms with Gasteiger partial charge in [0.25, 0.3) is 5.91 Å². The molecule has 28 heavy (non-hydrogen) atoms. The van der Waals surface area contributed by atoms with Crippen LogP contribution in [0.1, 0.15) is 12.5 Å². The molecule has 0 unspecified atom stereocenters. The molecule has 3 rings (SSSR count). The van der Waals surface area contributed by atoms with E-state index in [0.717, 1.165) is 23.1 Å². The number of urea groups is 1. The second-order valence-electron chi connectivity index (χ2n) is 6.32. The van der Waals surface area contributed by atoms with Crippen LogP contribution >= 0.6 is 11.8 Å². The topological polar surface area (TPSA) is 78.5 Å². The van der Waals surface area contributed by atoms with Crippen LogP contribution in [0.3, 0.4) is 0 Å². The van der Waals surface area contributed by atoms with Crippen molar-refractivity contribution in [2.45, 2.75) is 17.4 Å². The van der Waals surface area contributed by atoms with Gasteiger partial charge in [-0.2, -0.15) is 0 Å². The lowest BCUT2D eigenvalue weighted by molar-refractivity contribution is -0.133. The number of amides is 4. The number of para-hydroxylation sites is 1. The summed E-state index contributed by atoms with van der Waals surface area (Å²) < 4.78 is 27.7. The molecule has 0 aliphatic carbocycles. The number of halogens is 2. The lowest BCUT2D eigenvalue weighted by Gasteiger charge is -2.22. The summed E-state index contributed by atoms with van der Waals surface area (Å²) in [5.74, 6) is -3.01. The van der Waals surface area contributed by atoms with Crippen molar-refractivity contribution >= 4 is 35.3 Å². The second-order valence-corrected chi connectivity index (χ2v) is 7.17. The van der Waals surface area contributed by atoms with E-state index in [4.69, 9.17) is 0 Å². The van der Waals surface area contributed by atoms with E-state index in [2.05, 4.69) is 10.6 Å². The maximum atomic E-state index is 14.2. The van der Waals surface area contributed by atoms with Crippen LogP contribution in [-0.4, -0.2) is 35.5 Å². The quantitative estimate of drug-likeness (QED) is 0.592. The molecule has 4 amide bonds. The van der Waals surface area contributed by atoms with Gasteiger partial charge in [-0.25, -0.2) is 13.6 Å². The maximum Gasteiger partial charge on any atom is 0.325 e. The molecule has 0 radical (unpaired) electrons. The van der Waals surface area contributed by atoms with Crippen LogP contribution < -0.4 is 10.6 Å². The van der Waals surface area contributed by atoms with Crippen LogP contribution in [0.25, 0.3) is 0 Å². The summed E-state index contributed by atoms with van der Waals surface area (Å²) in [6.07, 6.45) is 1.85. The van der Waals surface area contributed by atoms with E-state index in [1.54, 1.807) is 12.1 Å². The number of imide groups is 1. The Kier molecular flexibility index (Phi) is 5.37. The molecule has 1 fully saturated rings. The van der Waals surface area contributed by atoms with Crippen molar-refractivity contribution in [1.82, 2.24) is 10.2 Å². The third kappa shape index (κ3) is 3.57. The number of hydrogen-bond donors (Lipinski definition) is 2. The van der Waals surface area contributed by atoms with Gasteiger partial charge >= 0.3 is 6.03 Å². The molecule has 0 saturated carbocycles. The van der Waals surface area contributed by atoms with Gasteiger partial charge in [0, 0.05) is 10.5 Å². The molecular weight excluding hydrogens is 388 g/mol. The van der Waals surface area contributed by atoms with Crippen LogP contribution in [0.4, 0.5) is 19.3 Å². The predicted octanol–water partition coefficient (Wildman–Crippen LogP) is 3.09. The van der Waals surface area contributed by atoms with Crippen molar-refractivity contribution < 1.29 is 23.2 Å². The second kappa shape index (κ2) is 7.59. The molecule has 1 atom stereocenters. The first-order valence-electron chi connectivity index (χ1n) is 8.29. The Labute approximate surface area is 164 Å². The molecule has 146 valence electrons. The Morgan fingerprint density at radius 3 is 2.64 bits per heavy atom. The number of rotatable bonds is 5. The Morgan fingerprint density at radius 1 is 1.21 bits per heavy atom. The van der Waals surface area contributed by atoms with Crippen LogP contribution in [0.2, 0.25) is 0 Å². The average molecular weight is 405 g/mol. The van der Waals surface area contributed by atoms with Gasteiger partial charge < -0.3 is 10.6 Å². The van der Waals surface area contributed by atoms with E-state index in [9.17, 15) is 23.2 Å². The minimum absolute atomic E-state index is 0.304. The molecule has 6 nitrogen and oxygen atoms in total. The molecule has 2 aromatic carbocycles. The molecule has 1 saturated heterocycles. The Morgan fingerprint density at radius 2 is 1.93 bits per heavy atom. The average Bonchev–Trinajstić information content (AvgIpc) is 2.88. The fourth-order valence-electron chi connectivity index (χ4n) is 2.99. The fourth-order valence-corrected chi connectivity index (χ4v) is 3.54. The van der Waals surface area contributed by atoms with Crippen LogP contribution in [0.5, 0.6) is 0 Å². The zero-order chi connectivity index (χ0) is 20.5. The van der Waals surface area contributed by atoms with Crippen molar-refractivity contribution in [1.29, 1.82) is 0 Å². The largest absolute Gasteiger partial charge is 0.325 e. The van der Waals surface area contributed by atoms with E-state index < -0.39 is 41.6 Å². The highest BCUT2D eigenvalue weighted by Gasteiger charge is 2.50. The lowest BCUT2D eigenvalue weighted by atomic mass is 9.91. The molecule has 9 heteroatoms. The van der Waals surface area contributed by atoms with Gasteiger partial charge in [-0.3, -0.25) is 14.5 Å². The molecule has 0 aromatic heterocycles. The Hall–Kier alpha value is -2.94.